The van der Waals surface area contributed by atoms with E-state index in [1.807, 2.05) is 72.9 Å². The van der Waals surface area contributed by atoms with Gasteiger partial charge in [0.2, 0.25) is 0 Å². The first-order valence-corrected chi connectivity index (χ1v) is 16.6. The van der Waals surface area contributed by atoms with E-state index in [0.29, 0.717) is 5.82 Å². The smallest absolute Gasteiger partial charge is 0.160 e. The van der Waals surface area contributed by atoms with Crippen LogP contribution in [-0.4, -0.2) is 15.0 Å². The van der Waals surface area contributed by atoms with Crippen molar-refractivity contribution in [2.24, 2.45) is 0 Å². The molecule has 0 aliphatic heterocycles. The van der Waals surface area contributed by atoms with Gasteiger partial charge in [0.1, 0.15) is 22.3 Å². The molecule has 0 unspecified atom stereocenters. The minimum Gasteiger partial charge on any atom is -0.456 e. The molecule has 6 aromatic carbocycles. The summed E-state index contributed by atoms with van der Waals surface area (Å²) in [4.78, 5) is 14.8. The van der Waals surface area contributed by atoms with Gasteiger partial charge in [-0.05, 0) is 54.1 Å². The van der Waals surface area contributed by atoms with Gasteiger partial charge in [-0.15, -0.1) is 0 Å². The molecule has 4 aromatic heterocycles. The highest BCUT2D eigenvalue weighted by Crippen LogP contribution is 2.43. The number of para-hydroxylation sites is 2. The Kier molecular flexibility index (Phi) is 6.42. The molecule has 0 atom stereocenters. The molecule has 0 N–H and O–H groups in total. The van der Waals surface area contributed by atoms with Crippen molar-refractivity contribution >= 4 is 43.9 Å². The molecule has 0 amide bonds. The third-order valence-corrected chi connectivity index (χ3v) is 9.39. The van der Waals surface area contributed by atoms with E-state index in [9.17, 15) is 0 Å². The van der Waals surface area contributed by atoms with Gasteiger partial charge < -0.3 is 8.83 Å². The Labute approximate surface area is 287 Å². The summed E-state index contributed by atoms with van der Waals surface area (Å²) >= 11 is 0. The highest BCUT2D eigenvalue weighted by atomic mass is 16.3. The maximum Gasteiger partial charge on any atom is 0.160 e. The van der Waals surface area contributed by atoms with Crippen LogP contribution in [0.15, 0.2) is 173 Å². The Morgan fingerprint density at radius 3 is 1.84 bits per heavy atom. The van der Waals surface area contributed by atoms with Crippen molar-refractivity contribution < 1.29 is 8.83 Å². The van der Waals surface area contributed by atoms with Gasteiger partial charge in [-0.3, -0.25) is 4.98 Å². The molecule has 0 saturated heterocycles. The predicted molar refractivity (Wildman–Crippen MR) is 202 cm³/mol. The van der Waals surface area contributed by atoms with Crippen LogP contribution in [-0.2, 0) is 0 Å². The van der Waals surface area contributed by atoms with Gasteiger partial charge in [0.15, 0.2) is 5.82 Å². The van der Waals surface area contributed by atoms with Crippen LogP contribution in [0.3, 0.4) is 0 Å². The summed E-state index contributed by atoms with van der Waals surface area (Å²) in [7, 11) is 0. The van der Waals surface area contributed by atoms with Crippen LogP contribution in [0.1, 0.15) is 0 Å². The Bertz CT molecular complexity index is 2850. The molecule has 0 bridgehead atoms. The van der Waals surface area contributed by atoms with Gasteiger partial charge in [-0.2, -0.15) is 0 Å². The number of rotatable bonds is 5. The van der Waals surface area contributed by atoms with Gasteiger partial charge in [-0.1, -0.05) is 109 Å². The second kappa shape index (κ2) is 11.4. The van der Waals surface area contributed by atoms with Crippen molar-refractivity contribution in [1.29, 1.82) is 0 Å². The van der Waals surface area contributed by atoms with Crippen LogP contribution in [0.25, 0.3) is 100 Å². The van der Waals surface area contributed by atoms with Crippen LogP contribution in [0, 0.1) is 0 Å². The van der Waals surface area contributed by atoms with Crippen molar-refractivity contribution in [2.75, 3.05) is 0 Å². The SMILES string of the molecule is c1ccc(-c2cc(-c3ccc(-c4ccc5oc6ccccc6c5c4)c4oc5ccccc5c34)nc(-c3ccc(-c4ccccn4)cc3)n2)cc1. The average molecular weight is 642 g/mol. The Hall–Kier alpha value is -6.85. The summed E-state index contributed by atoms with van der Waals surface area (Å²) in [6.07, 6.45) is 1.81. The van der Waals surface area contributed by atoms with Gasteiger partial charge in [0, 0.05) is 55.6 Å². The molecular formula is C45H27N3O2. The summed E-state index contributed by atoms with van der Waals surface area (Å²) in [5.74, 6) is 0.649. The summed E-state index contributed by atoms with van der Waals surface area (Å²) < 4.78 is 12.8. The zero-order valence-corrected chi connectivity index (χ0v) is 26.7. The molecule has 0 aliphatic rings. The van der Waals surface area contributed by atoms with Crippen LogP contribution in [0.2, 0.25) is 0 Å². The van der Waals surface area contributed by atoms with E-state index in [1.165, 1.54) is 0 Å². The van der Waals surface area contributed by atoms with Gasteiger partial charge in [-0.25, -0.2) is 9.97 Å². The zero-order valence-electron chi connectivity index (χ0n) is 26.7. The van der Waals surface area contributed by atoms with E-state index in [4.69, 9.17) is 18.8 Å². The van der Waals surface area contributed by atoms with Crippen molar-refractivity contribution in [3.05, 3.63) is 164 Å². The van der Waals surface area contributed by atoms with E-state index in [2.05, 4.69) is 96.0 Å². The van der Waals surface area contributed by atoms with Crippen molar-refractivity contribution in [1.82, 2.24) is 15.0 Å². The number of nitrogens with zero attached hydrogens (tertiary/aromatic N) is 3. The number of aromatic nitrogens is 3. The quantitative estimate of drug-likeness (QED) is 0.187. The fourth-order valence-electron chi connectivity index (χ4n) is 6.96. The second-order valence-corrected chi connectivity index (χ2v) is 12.4. The fourth-order valence-corrected chi connectivity index (χ4v) is 6.96. The van der Waals surface area contributed by atoms with E-state index < -0.39 is 0 Å². The highest BCUT2D eigenvalue weighted by Gasteiger charge is 2.20. The molecule has 0 fully saturated rings. The van der Waals surface area contributed by atoms with Gasteiger partial charge in [0.05, 0.1) is 17.1 Å². The van der Waals surface area contributed by atoms with Crippen LogP contribution < -0.4 is 0 Å². The second-order valence-electron chi connectivity index (χ2n) is 12.4. The molecular weight excluding hydrogens is 615 g/mol. The summed E-state index contributed by atoms with van der Waals surface area (Å²) in [6, 6.07) is 53.6. The van der Waals surface area contributed by atoms with Crippen molar-refractivity contribution in [3.63, 3.8) is 0 Å². The van der Waals surface area contributed by atoms with E-state index in [1.54, 1.807) is 0 Å². The Morgan fingerprint density at radius 2 is 1.02 bits per heavy atom. The monoisotopic (exact) mass is 641 g/mol. The molecule has 10 rings (SSSR count). The lowest BCUT2D eigenvalue weighted by atomic mass is 9.95. The van der Waals surface area contributed by atoms with E-state index in [0.717, 1.165) is 94.3 Å². The highest BCUT2D eigenvalue weighted by molar-refractivity contribution is 6.17. The van der Waals surface area contributed by atoms with E-state index >= 15 is 0 Å². The summed E-state index contributed by atoms with van der Waals surface area (Å²) in [5.41, 5.74) is 12.0. The topological polar surface area (TPSA) is 65.0 Å². The van der Waals surface area contributed by atoms with Gasteiger partial charge in [0.25, 0.3) is 0 Å². The lowest BCUT2D eigenvalue weighted by molar-refractivity contribution is 0.668. The van der Waals surface area contributed by atoms with E-state index in [-0.39, 0.29) is 0 Å². The van der Waals surface area contributed by atoms with Gasteiger partial charge >= 0.3 is 0 Å². The Balaban J connectivity index is 1.18. The molecule has 50 heavy (non-hydrogen) atoms. The van der Waals surface area contributed by atoms with Crippen molar-refractivity contribution in [3.8, 4) is 56.3 Å². The molecule has 0 radical (unpaired) electrons. The molecule has 0 saturated carbocycles. The first kappa shape index (κ1) is 28.2. The van der Waals surface area contributed by atoms with Crippen LogP contribution in [0.4, 0.5) is 0 Å². The number of pyridine rings is 1. The fraction of sp³-hybridized carbons (Fsp3) is 0. The molecule has 10 aromatic rings. The number of fused-ring (bicyclic) bond motifs is 6. The maximum absolute atomic E-state index is 6.69. The normalized spacial score (nSPS) is 11.6. The first-order chi connectivity index (χ1) is 24.8. The average Bonchev–Trinajstić information content (AvgIpc) is 3.77. The zero-order chi connectivity index (χ0) is 33.0. The molecule has 234 valence electrons. The largest absolute Gasteiger partial charge is 0.456 e. The van der Waals surface area contributed by atoms with Crippen molar-refractivity contribution in [2.45, 2.75) is 0 Å². The van der Waals surface area contributed by atoms with Crippen LogP contribution in [0.5, 0.6) is 0 Å². The molecule has 5 heteroatoms. The predicted octanol–water partition coefficient (Wildman–Crippen LogP) is 12.0. The number of hydrogen-bond acceptors (Lipinski definition) is 5. The summed E-state index contributed by atoms with van der Waals surface area (Å²) in [5, 5.41) is 4.23. The molecule has 4 heterocycles. The third kappa shape index (κ3) is 4.67. The molecule has 0 aliphatic carbocycles. The minimum atomic E-state index is 0.649. The third-order valence-electron chi connectivity index (χ3n) is 9.39. The number of hydrogen-bond donors (Lipinski definition) is 0. The standard InChI is InChI=1S/C45H27N3O2/c1-2-10-28(11-3-1)38-27-39(48-45(47-38)30-19-17-29(18-20-30)37-14-8-9-25-46-37)34-23-22-32(44-43(34)35-13-5-7-16-41(35)50-44)31-21-24-42-36(26-31)33-12-4-6-15-40(33)49-42/h1-27H. The number of benzene rings is 6. The molecule has 0 spiro atoms. The lowest BCUT2D eigenvalue weighted by Gasteiger charge is -2.12. The van der Waals surface area contributed by atoms with Crippen LogP contribution >= 0.6 is 0 Å². The lowest BCUT2D eigenvalue weighted by Crippen LogP contribution is -1.96. The Morgan fingerprint density at radius 1 is 0.380 bits per heavy atom. The summed E-state index contributed by atoms with van der Waals surface area (Å²) in [6.45, 7) is 0. The molecule has 5 nitrogen and oxygen atoms in total. The first-order valence-electron chi connectivity index (χ1n) is 16.6. The minimum absolute atomic E-state index is 0.649. The maximum atomic E-state index is 6.69. The number of furan rings is 2.